The fourth-order valence-electron chi connectivity index (χ4n) is 1.00. The maximum Gasteiger partial charge on any atom is 0.0438 e. The summed E-state index contributed by atoms with van der Waals surface area (Å²) in [4.78, 5) is 0. The van der Waals surface area contributed by atoms with Gasteiger partial charge in [0.1, 0.15) is 0 Å². The molecule has 0 amide bonds. The Kier molecular flexibility index (Phi) is 6.44. The van der Waals surface area contributed by atoms with E-state index in [0.29, 0.717) is 5.92 Å². The van der Waals surface area contributed by atoms with E-state index < -0.39 is 0 Å². The van der Waals surface area contributed by atoms with Gasteiger partial charge in [0.15, 0.2) is 0 Å². The summed E-state index contributed by atoms with van der Waals surface area (Å²) >= 11 is 0. The molecule has 0 rings (SSSR count). The maximum absolute atomic E-state index is 8.19. The predicted molar refractivity (Wildman–Crippen MR) is 52.7 cm³/mol. The van der Waals surface area contributed by atoms with E-state index in [-0.39, 0.29) is 0 Å². The van der Waals surface area contributed by atoms with Crippen molar-refractivity contribution in [3.05, 3.63) is 11.6 Å². The van der Waals surface area contributed by atoms with Gasteiger partial charge in [0, 0.05) is 6.21 Å². The summed E-state index contributed by atoms with van der Waals surface area (Å²) in [5.41, 5.74) is 1.37. The summed E-state index contributed by atoms with van der Waals surface area (Å²) in [5, 5.41) is 11.2. The van der Waals surface area contributed by atoms with E-state index in [1.807, 2.05) is 0 Å². The Hall–Kier alpha value is -0.790. The highest BCUT2D eigenvalue weighted by molar-refractivity contribution is 5.56. The topological polar surface area (TPSA) is 32.6 Å². The van der Waals surface area contributed by atoms with Gasteiger partial charge in [-0.3, -0.25) is 0 Å². The molecule has 0 radical (unpaired) electrons. The normalized spacial score (nSPS) is 13.2. The first-order valence-corrected chi connectivity index (χ1v) is 4.46. The highest BCUT2D eigenvalue weighted by Gasteiger charge is 1.97. The average molecular weight is 169 g/mol. The van der Waals surface area contributed by atoms with E-state index >= 15 is 0 Å². The summed E-state index contributed by atoms with van der Waals surface area (Å²) in [6.45, 7) is 6.39. The number of rotatable bonds is 5. The molecule has 0 saturated carbocycles. The zero-order chi connectivity index (χ0) is 9.40. The van der Waals surface area contributed by atoms with Gasteiger partial charge in [-0.15, -0.1) is 5.16 Å². The molecule has 2 nitrogen and oxygen atoms in total. The lowest BCUT2D eigenvalue weighted by Gasteiger charge is -2.04. The minimum atomic E-state index is 0.608. The van der Waals surface area contributed by atoms with E-state index in [4.69, 9.17) is 5.21 Å². The summed E-state index contributed by atoms with van der Waals surface area (Å²) < 4.78 is 0. The second-order valence-electron chi connectivity index (χ2n) is 3.50. The second kappa shape index (κ2) is 6.89. The molecule has 0 bridgehead atoms. The lowest BCUT2D eigenvalue weighted by Crippen LogP contribution is -1.94. The van der Waals surface area contributed by atoms with Crippen LogP contribution in [0.4, 0.5) is 0 Å². The number of hydrogen-bond acceptors (Lipinski definition) is 2. The molecule has 1 unspecified atom stereocenters. The largest absolute Gasteiger partial charge is 0.411 e. The monoisotopic (exact) mass is 169 g/mol. The quantitative estimate of drug-likeness (QED) is 0.291. The van der Waals surface area contributed by atoms with Crippen molar-refractivity contribution in [2.24, 2.45) is 11.1 Å². The molecule has 0 aromatic heterocycles. The number of allylic oxidation sites excluding steroid dienone is 2. The molecule has 0 aliphatic heterocycles. The van der Waals surface area contributed by atoms with Gasteiger partial charge >= 0.3 is 0 Å². The molecule has 0 aliphatic carbocycles. The van der Waals surface area contributed by atoms with Gasteiger partial charge in [0.25, 0.3) is 0 Å². The van der Waals surface area contributed by atoms with Crippen LogP contribution >= 0.6 is 0 Å². The van der Waals surface area contributed by atoms with Crippen molar-refractivity contribution in [3.8, 4) is 0 Å². The lowest BCUT2D eigenvalue weighted by atomic mass is 10.0. The van der Waals surface area contributed by atoms with Gasteiger partial charge in [-0.05, 0) is 39.0 Å². The summed E-state index contributed by atoms with van der Waals surface area (Å²) in [6.07, 6.45) is 6.97. The lowest BCUT2D eigenvalue weighted by molar-refractivity contribution is 0.319. The standard InChI is InChI=1S/C10H19NO/c1-9(2)5-4-6-10(3)7-8-11-12/h5,8,10,12H,4,6-7H2,1-3H3/b11-8-. The predicted octanol–water partition coefficient (Wildman–Crippen LogP) is 3.22. The van der Waals surface area contributed by atoms with Gasteiger partial charge in [-0.1, -0.05) is 18.6 Å². The first kappa shape index (κ1) is 11.2. The Morgan fingerprint density at radius 3 is 2.67 bits per heavy atom. The molecule has 0 fully saturated rings. The van der Waals surface area contributed by atoms with Crippen LogP contribution in [0.5, 0.6) is 0 Å². The zero-order valence-corrected chi connectivity index (χ0v) is 8.25. The minimum absolute atomic E-state index is 0.608. The van der Waals surface area contributed by atoms with Crippen molar-refractivity contribution in [1.82, 2.24) is 0 Å². The average Bonchev–Trinajstić information content (AvgIpc) is 2.00. The van der Waals surface area contributed by atoms with Crippen LogP contribution in [0.1, 0.15) is 40.0 Å². The first-order chi connectivity index (χ1) is 5.66. The third kappa shape index (κ3) is 7.32. The molecule has 70 valence electrons. The first-order valence-electron chi connectivity index (χ1n) is 4.46. The Morgan fingerprint density at radius 2 is 2.17 bits per heavy atom. The number of oxime groups is 1. The minimum Gasteiger partial charge on any atom is -0.411 e. The SMILES string of the molecule is CC(C)=CCCC(C)C/C=N\O. The maximum atomic E-state index is 8.19. The molecule has 0 aromatic rings. The second-order valence-corrected chi connectivity index (χ2v) is 3.50. The Balaban J connectivity index is 3.43. The van der Waals surface area contributed by atoms with Crippen LogP contribution in [-0.2, 0) is 0 Å². The van der Waals surface area contributed by atoms with Crippen LogP contribution in [0.25, 0.3) is 0 Å². The zero-order valence-electron chi connectivity index (χ0n) is 8.25. The van der Waals surface area contributed by atoms with Crippen LogP contribution < -0.4 is 0 Å². The van der Waals surface area contributed by atoms with E-state index in [2.05, 4.69) is 32.0 Å². The van der Waals surface area contributed by atoms with E-state index in [1.165, 1.54) is 5.57 Å². The molecule has 1 atom stereocenters. The highest BCUT2D eigenvalue weighted by atomic mass is 16.4. The Bertz CT molecular complexity index is 157. The molecule has 0 aromatic carbocycles. The molecule has 0 saturated heterocycles. The van der Waals surface area contributed by atoms with Crippen LogP contribution in [0, 0.1) is 5.92 Å². The van der Waals surface area contributed by atoms with Crippen molar-refractivity contribution < 1.29 is 5.21 Å². The summed E-state index contributed by atoms with van der Waals surface area (Å²) in [5.74, 6) is 0.608. The third-order valence-corrected chi connectivity index (χ3v) is 1.80. The Morgan fingerprint density at radius 1 is 1.50 bits per heavy atom. The summed E-state index contributed by atoms with van der Waals surface area (Å²) in [7, 11) is 0. The van der Waals surface area contributed by atoms with Gasteiger partial charge in [-0.2, -0.15) is 0 Å². The van der Waals surface area contributed by atoms with Gasteiger partial charge < -0.3 is 5.21 Å². The third-order valence-electron chi connectivity index (χ3n) is 1.80. The number of hydrogen-bond donors (Lipinski definition) is 1. The van der Waals surface area contributed by atoms with Gasteiger partial charge in [0.05, 0.1) is 0 Å². The molecule has 0 heterocycles. The van der Waals surface area contributed by atoms with Crippen LogP contribution in [0.2, 0.25) is 0 Å². The van der Waals surface area contributed by atoms with Crippen LogP contribution in [-0.4, -0.2) is 11.4 Å². The van der Waals surface area contributed by atoms with Crippen molar-refractivity contribution in [3.63, 3.8) is 0 Å². The van der Waals surface area contributed by atoms with Gasteiger partial charge in [0.2, 0.25) is 0 Å². The molecular weight excluding hydrogens is 150 g/mol. The van der Waals surface area contributed by atoms with E-state index in [9.17, 15) is 0 Å². The highest BCUT2D eigenvalue weighted by Crippen LogP contribution is 2.10. The van der Waals surface area contributed by atoms with Crippen molar-refractivity contribution >= 4 is 6.21 Å². The number of nitrogens with zero attached hydrogens (tertiary/aromatic N) is 1. The fourth-order valence-corrected chi connectivity index (χ4v) is 1.00. The van der Waals surface area contributed by atoms with E-state index in [1.54, 1.807) is 6.21 Å². The molecular formula is C10H19NO. The Labute approximate surface area is 75.0 Å². The van der Waals surface area contributed by atoms with E-state index in [0.717, 1.165) is 19.3 Å². The van der Waals surface area contributed by atoms with Crippen LogP contribution in [0.3, 0.4) is 0 Å². The van der Waals surface area contributed by atoms with Crippen molar-refractivity contribution in [1.29, 1.82) is 0 Å². The molecule has 0 spiro atoms. The molecule has 0 aliphatic rings. The fraction of sp³-hybridized carbons (Fsp3) is 0.700. The van der Waals surface area contributed by atoms with Crippen molar-refractivity contribution in [2.75, 3.05) is 0 Å². The molecule has 1 N–H and O–H groups in total. The smallest absolute Gasteiger partial charge is 0.0438 e. The van der Waals surface area contributed by atoms with Crippen LogP contribution in [0.15, 0.2) is 16.8 Å². The van der Waals surface area contributed by atoms with Crippen molar-refractivity contribution in [2.45, 2.75) is 40.0 Å². The molecule has 12 heavy (non-hydrogen) atoms. The molecule has 2 heteroatoms. The summed E-state index contributed by atoms with van der Waals surface area (Å²) in [6, 6.07) is 0. The van der Waals surface area contributed by atoms with Gasteiger partial charge in [-0.25, -0.2) is 0 Å².